The normalized spacial score (nSPS) is 13.4. The van der Waals surface area contributed by atoms with Crippen LogP contribution in [-0.4, -0.2) is 80.5 Å². The number of aliphatic hydroxyl groups excluding tert-OH is 1. The number of hydrogen-bond acceptors (Lipinski definition) is 10. The molecule has 0 radical (unpaired) electrons. The molecule has 3 N–H and O–H groups in total. The highest BCUT2D eigenvalue weighted by Crippen LogP contribution is 2.46. The van der Waals surface area contributed by atoms with E-state index in [2.05, 4.69) is 47.2 Å². The van der Waals surface area contributed by atoms with Crippen LogP contribution in [0.1, 0.15) is 54.4 Å². The summed E-state index contributed by atoms with van der Waals surface area (Å²) in [5.41, 5.74) is -1.85. The zero-order valence-corrected chi connectivity index (χ0v) is 28.0. The maximum absolute atomic E-state index is 11.7. The van der Waals surface area contributed by atoms with Gasteiger partial charge in [0.1, 0.15) is 20.1 Å². The van der Waals surface area contributed by atoms with Crippen LogP contribution in [0.2, 0.25) is 0 Å². The zero-order chi connectivity index (χ0) is 33.8. The summed E-state index contributed by atoms with van der Waals surface area (Å²) < 4.78 is 27.7. The van der Waals surface area contributed by atoms with Crippen molar-refractivity contribution in [1.29, 1.82) is 0 Å². The van der Waals surface area contributed by atoms with Crippen molar-refractivity contribution in [3.63, 3.8) is 0 Å². The van der Waals surface area contributed by atoms with Crippen LogP contribution in [0.25, 0.3) is 4.85 Å². The van der Waals surface area contributed by atoms with E-state index in [9.17, 15) is 19.2 Å². The van der Waals surface area contributed by atoms with E-state index in [-0.39, 0.29) is 44.0 Å². The third-order valence-electron chi connectivity index (χ3n) is 6.45. The lowest BCUT2D eigenvalue weighted by Gasteiger charge is -2.36. The smallest absolute Gasteiger partial charge is 0.330 e. The lowest BCUT2D eigenvalue weighted by Crippen LogP contribution is -2.34. The van der Waals surface area contributed by atoms with E-state index in [0.717, 1.165) is 12.8 Å². The molecule has 2 aromatic heterocycles. The molecule has 0 aromatic carbocycles. The molecule has 0 fully saturated rings. The second-order valence-electron chi connectivity index (χ2n) is 10.7. The molecule has 0 saturated heterocycles. The van der Waals surface area contributed by atoms with Crippen molar-refractivity contribution in [3.8, 4) is 0 Å². The van der Waals surface area contributed by atoms with Crippen molar-refractivity contribution in [2.75, 3.05) is 39.6 Å². The first-order valence-corrected chi connectivity index (χ1v) is 16.1. The number of ether oxygens (including phenoxy) is 2. The maximum atomic E-state index is 11.7. The number of aromatic amines is 2. The molecule has 1 unspecified atom stereocenters. The van der Waals surface area contributed by atoms with E-state index >= 15 is 0 Å². The number of H-pyrrole nitrogens is 2. The van der Waals surface area contributed by atoms with Gasteiger partial charge in [0.2, 0.25) is 6.54 Å². The minimum Gasteiger partial charge on any atom is -0.396 e. The number of aromatic nitrogens is 4. The fourth-order valence-electron chi connectivity index (χ4n) is 3.79. The Morgan fingerprint density at radius 3 is 1.73 bits per heavy atom. The number of rotatable bonds is 20. The van der Waals surface area contributed by atoms with Gasteiger partial charge in [0.05, 0.1) is 19.8 Å². The van der Waals surface area contributed by atoms with Gasteiger partial charge in [-0.3, -0.25) is 28.7 Å². The van der Waals surface area contributed by atoms with Crippen molar-refractivity contribution in [2.24, 2.45) is 11.8 Å². The van der Waals surface area contributed by atoms with Gasteiger partial charge < -0.3 is 28.5 Å². The predicted molar refractivity (Wildman–Crippen MR) is 172 cm³/mol. The van der Waals surface area contributed by atoms with Gasteiger partial charge in [-0.15, -0.1) is 0 Å². The summed E-state index contributed by atoms with van der Waals surface area (Å²) in [7, 11) is -1.28. The Hall–Kier alpha value is -2.96. The molecule has 3 atom stereocenters. The summed E-state index contributed by atoms with van der Waals surface area (Å²) in [6, 6.07) is 3.04. The summed E-state index contributed by atoms with van der Waals surface area (Å²) in [6.45, 7) is 21.4. The van der Waals surface area contributed by atoms with Gasteiger partial charge in [-0.2, -0.15) is 0 Å². The highest BCUT2D eigenvalue weighted by Gasteiger charge is 2.28. The number of nitrogens with zero attached hydrogens (tertiary/aromatic N) is 4. The van der Waals surface area contributed by atoms with Crippen LogP contribution < -0.4 is 22.5 Å². The summed E-state index contributed by atoms with van der Waals surface area (Å²) in [5.74, 6) is 0.211. The minimum absolute atomic E-state index is 0.0620. The number of aliphatic hydroxyl groups is 1. The van der Waals surface area contributed by atoms with Gasteiger partial charge in [0, 0.05) is 55.1 Å². The first kappa shape index (κ1) is 40.1. The van der Waals surface area contributed by atoms with E-state index in [0.29, 0.717) is 33.0 Å². The molecule has 16 heteroatoms. The average Bonchev–Trinajstić information content (AvgIpc) is 2.99. The molecule has 15 nitrogen and oxygen atoms in total. The summed E-state index contributed by atoms with van der Waals surface area (Å²) in [6.07, 6.45) is 4.44. The Balaban J connectivity index is 0.000000532. The number of hydrogen-bond donors (Lipinski definition) is 3. The van der Waals surface area contributed by atoms with Gasteiger partial charge in [0.25, 0.3) is 19.6 Å². The van der Waals surface area contributed by atoms with Crippen LogP contribution in [-0.2, 0) is 32.0 Å². The van der Waals surface area contributed by atoms with Crippen LogP contribution in [0, 0.1) is 18.4 Å². The Kier molecular flexibility index (Phi) is 20.1. The molecule has 0 aliphatic carbocycles. The molecule has 0 aliphatic rings. The average molecular weight is 657 g/mol. The molecule has 2 rings (SSSR count). The Morgan fingerprint density at radius 2 is 1.33 bits per heavy atom. The quantitative estimate of drug-likeness (QED) is 0.109. The van der Waals surface area contributed by atoms with E-state index in [4.69, 9.17) is 30.2 Å². The first-order valence-electron chi connectivity index (χ1n) is 15.0. The second-order valence-corrected chi connectivity index (χ2v) is 12.2. The van der Waals surface area contributed by atoms with E-state index in [1.807, 2.05) is 13.8 Å². The maximum Gasteiger partial charge on any atom is 0.330 e. The monoisotopic (exact) mass is 656 g/mol. The Bertz CT molecular complexity index is 1360. The molecule has 254 valence electrons. The van der Waals surface area contributed by atoms with Gasteiger partial charge in [0.15, 0.2) is 0 Å². The topological polar surface area (TPSA) is 174 Å². The highest BCUT2D eigenvalue weighted by molar-refractivity contribution is 7.44. The van der Waals surface area contributed by atoms with Crippen molar-refractivity contribution >= 4 is 8.53 Å². The fourth-order valence-corrected chi connectivity index (χ4v) is 5.46. The fraction of sp³-hybridized carbons (Fsp3) is 0.690. The zero-order valence-electron chi connectivity index (χ0n) is 27.1. The van der Waals surface area contributed by atoms with Gasteiger partial charge in [-0.05, 0) is 40.5 Å². The third kappa shape index (κ3) is 15.7. The molecule has 2 aromatic rings. The van der Waals surface area contributed by atoms with Crippen LogP contribution in [0.5, 0.6) is 0 Å². The van der Waals surface area contributed by atoms with Crippen molar-refractivity contribution < 1.29 is 23.6 Å². The van der Waals surface area contributed by atoms with Crippen LogP contribution in [0.3, 0.4) is 0 Å². The second kappa shape index (κ2) is 22.5. The van der Waals surface area contributed by atoms with E-state index < -0.39 is 31.0 Å². The lowest BCUT2D eigenvalue weighted by molar-refractivity contribution is 0.0296. The molecular weight excluding hydrogens is 607 g/mol. The van der Waals surface area contributed by atoms with Gasteiger partial charge in [-0.25, -0.2) is 20.8 Å². The molecule has 0 saturated carbocycles. The molecule has 0 amide bonds. The standard InChI is InChI=1S/C19H33N4O5P.C10H16N2O4/c1-7-17(12-26-14-22-10-8-18(24)21-19(22)25)13-28-29(27-11-9-20-6)23(15(2)3)16(4)5;1-2-8(5-13)6-16-7-12-4-3-9(14)11-10(12)15/h8,10,15-17H,7,9,11-14H2,1-5H3,(H,21,24,25);3-4,8,13H,2,5-7H2,1H3,(H,11,14,15)/t17-,29?;8-/m01/s1. The van der Waals surface area contributed by atoms with Crippen molar-refractivity contribution in [3.05, 3.63) is 77.6 Å². The summed E-state index contributed by atoms with van der Waals surface area (Å²) >= 11 is 0. The first-order chi connectivity index (χ1) is 21.5. The number of nitrogens with one attached hydrogen (secondary N) is 2. The predicted octanol–water partition coefficient (Wildman–Crippen LogP) is 2.36. The van der Waals surface area contributed by atoms with Gasteiger partial charge >= 0.3 is 11.4 Å². The van der Waals surface area contributed by atoms with Crippen LogP contribution in [0.15, 0.2) is 43.7 Å². The summed E-state index contributed by atoms with van der Waals surface area (Å²) in [5, 5.41) is 8.92. The Labute approximate surface area is 264 Å². The minimum atomic E-state index is -1.28. The Morgan fingerprint density at radius 1 is 0.844 bits per heavy atom. The molecule has 2 heterocycles. The lowest BCUT2D eigenvalue weighted by atomic mass is 10.1. The molecular formula is C29H49N6O9P. The van der Waals surface area contributed by atoms with Crippen molar-refractivity contribution in [2.45, 2.75) is 79.9 Å². The van der Waals surface area contributed by atoms with Crippen LogP contribution >= 0.6 is 8.53 Å². The highest BCUT2D eigenvalue weighted by atomic mass is 31.2. The molecule has 0 spiro atoms. The molecule has 0 bridgehead atoms. The third-order valence-corrected chi connectivity index (χ3v) is 8.52. The van der Waals surface area contributed by atoms with E-state index in [1.165, 1.54) is 33.7 Å². The van der Waals surface area contributed by atoms with Gasteiger partial charge in [-0.1, -0.05) is 13.8 Å². The largest absolute Gasteiger partial charge is 0.396 e. The molecule has 0 aliphatic heterocycles. The SMILES string of the molecule is CC[C@H](CO)COCn1ccc(=O)[nH]c1=O.[C-]#[N+]CCOP(OC[C@@H](CC)COCn1ccc(=O)[nH]c1=O)N(C(C)C)C(C)C. The molecule has 45 heavy (non-hydrogen) atoms. The van der Waals surface area contributed by atoms with E-state index in [1.54, 1.807) is 0 Å². The summed E-state index contributed by atoms with van der Waals surface area (Å²) in [4.78, 5) is 52.5. The van der Waals surface area contributed by atoms with Crippen molar-refractivity contribution in [1.82, 2.24) is 23.8 Å². The van der Waals surface area contributed by atoms with Crippen LogP contribution in [0.4, 0.5) is 0 Å².